The van der Waals surface area contributed by atoms with E-state index in [0.717, 1.165) is 47.1 Å². The van der Waals surface area contributed by atoms with Crippen LogP contribution in [-0.4, -0.2) is 25.3 Å². The van der Waals surface area contributed by atoms with Crippen molar-refractivity contribution in [1.82, 2.24) is 5.32 Å². The summed E-state index contributed by atoms with van der Waals surface area (Å²) in [6.07, 6.45) is 9.14. The van der Waals surface area contributed by atoms with E-state index in [1.165, 1.54) is 62.4 Å². The Morgan fingerprint density at radius 2 is 1.70 bits per heavy atom. The van der Waals surface area contributed by atoms with Gasteiger partial charge in [-0.25, -0.2) is 4.99 Å². The maximum absolute atomic E-state index is 6.47. The van der Waals surface area contributed by atoms with Crippen molar-refractivity contribution in [1.29, 1.82) is 0 Å². The number of aliphatic imine (C=N–C) groups is 1. The Bertz CT molecular complexity index is 2280. The summed E-state index contributed by atoms with van der Waals surface area (Å²) in [6.45, 7) is 5.05. The van der Waals surface area contributed by atoms with Gasteiger partial charge in [0, 0.05) is 16.7 Å². The van der Waals surface area contributed by atoms with Gasteiger partial charge >= 0.3 is 0 Å². The van der Waals surface area contributed by atoms with Gasteiger partial charge in [-0.15, -0.1) is 0 Å². The molecule has 2 aliphatic carbocycles. The van der Waals surface area contributed by atoms with Crippen molar-refractivity contribution in [2.75, 3.05) is 13.1 Å². The van der Waals surface area contributed by atoms with E-state index < -0.39 is 0 Å². The van der Waals surface area contributed by atoms with Crippen LogP contribution in [0.2, 0.25) is 0 Å². The number of ether oxygens (including phenoxy) is 1. The summed E-state index contributed by atoms with van der Waals surface area (Å²) in [4.78, 5) is 10.6. The maximum atomic E-state index is 6.47. The molecule has 3 unspecified atom stereocenters. The number of hydrogen-bond donors (Lipinski definition) is 1. The number of fused-ring (bicyclic) bond motifs is 6. The number of nitrogens with zero attached hydrogens (tertiary/aromatic N) is 2. The summed E-state index contributed by atoms with van der Waals surface area (Å²) in [7, 11) is 0. The second kappa shape index (κ2) is 11.4. The molecule has 1 saturated heterocycles. The van der Waals surface area contributed by atoms with Crippen molar-refractivity contribution in [3.63, 3.8) is 0 Å². The Balaban J connectivity index is 1.27. The highest BCUT2D eigenvalue weighted by Crippen LogP contribution is 2.43. The first-order valence-corrected chi connectivity index (χ1v) is 17.0. The third-order valence-electron chi connectivity index (χ3n) is 10.9. The Hall–Kier alpha value is -4.54. The van der Waals surface area contributed by atoms with Crippen LogP contribution in [-0.2, 0) is 17.8 Å². The van der Waals surface area contributed by atoms with Gasteiger partial charge in [0.2, 0.25) is 0 Å². The van der Waals surface area contributed by atoms with E-state index >= 15 is 0 Å². The normalized spacial score (nSPS) is 23.0. The number of nitrogens with one attached hydrogen (secondary N) is 1. The van der Waals surface area contributed by atoms with Crippen LogP contribution in [0.15, 0.2) is 106 Å². The second-order valence-electron chi connectivity index (χ2n) is 13.4. The van der Waals surface area contributed by atoms with Crippen LogP contribution in [0, 0.1) is 28.3 Å². The van der Waals surface area contributed by atoms with E-state index in [-0.39, 0.29) is 6.04 Å². The molecule has 0 aromatic heterocycles. The molecule has 0 bridgehead atoms. The Morgan fingerprint density at radius 3 is 2.59 bits per heavy atom. The summed E-state index contributed by atoms with van der Waals surface area (Å²) in [5.74, 6) is 2.24. The number of allylic oxidation sites excluding steroid dienone is 1. The molecule has 3 aliphatic heterocycles. The van der Waals surface area contributed by atoms with Gasteiger partial charge in [0.15, 0.2) is 5.76 Å². The summed E-state index contributed by atoms with van der Waals surface area (Å²) in [5.41, 5.74) is 7.79. The topological polar surface area (TPSA) is 46.0 Å². The molecule has 5 aliphatic rings. The van der Waals surface area contributed by atoms with Gasteiger partial charge < -0.3 is 10.1 Å². The van der Waals surface area contributed by atoms with Crippen molar-refractivity contribution in [2.24, 2.45) is 21.8 Å². The molecule has 227 valence electrons. The fourth-order valence-corrected chi connectivity index (χ4v) is 8.81. The molecule has 4 aromatic rings. The third-order valence-corrected chi connectivity index (χ3v) is 10.9. The fraction of sp³-hybridized carbons (Fsp3) is 0.286. The molecule has 4 heteroatoms. The molecule has 46 heavy (non-hydrogen) atoms. The molecule has 3 atom stereocenters. The van der Waals surface area contributed by atoms with E-state index in [1.54, 1.807) is 0 Å². The maximum Gasteiger partial charge on any atom is 0.163 e. The molecule has 4 aromatic carbocycles. The number of hydrogen-bond acceptors (Lipinski definition) is 4. The van der Waals surface area contributed by atoms with Gasteiger partial charge in [0.05, 0.1) is 11.6 Å². The standard InChI is InChI=1S/C42H38N3O/c1-26-23-29-11-5-6-12-30(29)32-17-18-34-33(38(26)32)16-15-31(28-19-21-43-22-20-28)39(34)42-40-35-13-7-8-14-36(35)45-41(40)37(24-44-42)46-25-27-9-3-2-4-10-27/h2-7,9-14,17-18,23-24,26,28,31,42-43H,15-16,19-22,25H2,1H3. The molecular formula is C42H38N3O. The van der Waals surface area contributed by atoms with E-state index in [2.05, 4.69) is 91.1 Å². The minimum absolute atomic E-state index is 0.0985. The highest BCUT2D eigenvalue weighted by Gasteiger charge is 2.39. The lowest BCUT2D eigenvalue weighted by molar-refractivity contribution is 0.216. The van der Waals surface area contributed by atoms with Crippen molar-refractivity contribution in [3.05, 3.63) is 151 Å². The highest BCUT2D eigenvalue weighted by atomic mass is 16.5. The lowest BCUT2D eigenvalue weighted by Gasteiger charge is -2.39. The van der Waals surface area contributed by atoms with Crippen LogP contribution in [0.1, 0.15) is 48.8 Å². The minimum atomic E-state index is -0.0985. The Kier molecular flexibility index (Phi) is 6.85. The predicted octanol–water partition coefficient (Wildman–Crippen LogP) is 4.75. The number of dihydropyridines is 1. The van der Waals surface area contributed by atoms with E-state index in [1.807, 2.05) is 24.4 Å². The van der Waals surface area contributed by atoms with E-state index in [4.69, 9.17) is 14.7 Å². The molecule has 4 nitrogen and oxygen atoms in total. The third kappa shape index (κ3) is 4.53. The van der Waals surface area contributed by atoms with Crippen LogP contribution in [0.25, 0.3) is 17.2 Å². The lowest BCUT2D eigenvalue weighted by atomic mass is 9.68. The SMILES string of the molecule is CC1C=c2ccccc2=c2ccc3c(c21)CCC(C1CCNCC1)C=3C1N=CC(OCc2ccccc2)=C2N=c3c[c]ccc3=C21. The van der Waals surface area contributed by atoms with Gasteiger partial charge in [-0.05, 0) is 106 Å². The Morgan fingerprint density at radius 1 is 0.870 bits per heavy atom. The van der Waals surface area contributed by atoms with E-state index in [9.17, 15) is 0 Å². The molecule has 1 N–H and O–H groups in total. The highest BCUT2D eigenvalue weighted by molar-refractivity contribution is 5.94. The van der Waals surface area contributed by atoms with Crippen molar-refractivity contribution in [2.45, 2.75) is 51.2 Å². The summed E-state index contributed by atoms with van der Waals surface area (Å²) in [5, 5.41) is 11.3. The monoisotopic (exact) mass is 600 g/mol. The predicted molar refractivity (Wildman–Crippen MR) is 184 cm³/mol. The molecular weight excluding hydrogens is 562 g/mol. The number of benzene rings is 4. The zero-order chi connectivity index (χ0) is 30.6. The molecule has 0 amide bonds. The molecule has 9 rings (SSSR count). The fourth-order valence-electron chi connectivity index (χ4n) is 8.81. The minimum Gasteiger partial charge on any atom is -0.485 e. The molecule has 1 fully saturated rings. The van der Waals surface area contributed by atoms with Crippen molar-refractivity contribution < 1.29 is 4.74 Å². The van der Waals surface area contributed by atoms with Crippen LogP contribution >= 0.6 is 0 Å². The van der Waals surface area contributed by atoms with Crippen LogP contribution in [0.3, 0.4) is 0 Å². The lowest BCUT2D eigenvalue weighted by Crippen LogP contribution is -2.41. The number of rotatable bonds is 5. The smallest absolute Gasteiger partial charge is 0.163 e. The van der Waals surface area contributed by atoms with Crippen molar-refractivity contribution >= 4 is 23.4 Å². The van der Waals surface area contributed by atoms with Crippen LogP contribution < -0.4 is 26.3 Å². The van der Waals surface area contributed by atoms with Gasteiger partial charge in [0.1, 0.15) is 18.3 Å². The van der Waals surface area contributed by atoms with Gasteiger partial charge in [-0.1, -0.05) is 91.9 Å². The molecule has 1 radical (unpaired) electrons. The molecule has 0 spiro atoms. The number of piperidine rings is 1. The summed E-state index contributed by atoms with van der Waals surface area (Å²) in [6, 6.07) is 33.4. The first-order valence-electron chi connectivity index (χ1n) is 17.0. The van der Waals surface area contributed by atoms with Gasteiger partial charge in [-0.3, -0.25) is 4.99 Å². The second-order valence-corrected chi connectivity index (χ2v) is 13.4. The first kappa shape index (κ1) is 27.7. The van der Waals surface area contributed by atoms with Gasteiger partial charge in [0.25, 0.3) is 0 Å². The van der Waals surface area contributed by atoms with Crippen LogP contribution in [0.5, 0.6) is 0 Å². The largest absolute Gasteiger partial charge is 0.485 e. The average molecular weight is 601 g/mol. The zero-order valence-corrected chi connectivity index (χ0v) is 26.3. The van der Waals surface area contributed by atoms with Crippen LogP contribution in [0.4, 0.5) is 0 Å². The first-order chi connectivity index (χ1) is 22.7. The molecule has 0 saturated carbocycles. The quantitative estimate of drug-likeness (QED) is 0.360. The van der Waals surface area contributed by atoms with E-state index in [0.29, 0.717) is 24.4 Å². The zero-order valence-electron chi connectivity index (χ0n) is 26.3. The average Bonchev–Trinajstić information content (AvgIpc) is 3.51. The summed E-state index contributed by atoms with van der Waals surface area (Å²) < 4.78 is 6.47. The summed E-state index contributed by atoms with van der Waals surface area (Å²) >= 11 is 0. The van der Waals surface area contributed by atoms with Gasteiger partial charge in [-0.2, -0.15) is 0 Å². The van der Waals surface area contributed by atoms with Crippen molar-refractivity contribution in [3.8, 4) is 0 Å². The Labute approximate surface area is 269 Å². The molecule has 3 heterocycles.